The van der Waals surface area contributed by atoms with Crippen LogP contribution in [0.25, 0.3) is 11.5 Å². The van der Waals surface area contributed by atoms with E-state index in [9.17, 15) is 0 Å². The molecule has 0 fully saturated rings. The topological polar surface area (TPSA) is 77.6 Å². The third-order valence-electron chi connectivity index (χ3n) is 2.30. The third kappa shape index (κ3) is 2.04. The number of aromatic nitrogens is 4. The quantitative estimate of drug-likeness (QED) is 0.816. The minimum atomic E-state index is -0.0593. The fourth-order valence-corrected chi connectivity index (χ4v) is 1.46. The fraction of sp³-hybridized carbons (Fsp3) is 0.273. The monoisotopic (exact) mass is 215 g/mol. The third-order valence-corrected chi connectivity index (χ3v) is 2.30. The summed E-state index contributed by atoms with van der Waals surface area (Å²) < 4.78 is 0. The summed E-state index contributed by atoms with van der Waals surface area (Å²) in [7, 11) is 0. The van der Waals surface area contributed by atoms with Gasteiger partial charge in [-0.3, -0.25) is 4.98 Å². The van der Waals surface area contributed by atoms with Gasteiger partial charge in [0, 0.05) is 35.9 Å². The Morgan fingerprint density at radius 1 is 1.19 bits per heavy atom. The largest absolute Gasteiger partial charge is 0.324 e. The first-order valence-electron chi connectivity index (χ1n) is 5.04. The lowest BCUT2D eigenvalue weighted by molar-refractivity contribution is 0.789. The molecule has 0 aliphatic carbocycles. The van der Waals surface area contributed by atoms with Crippen LogP contribution in [-0.2, 0) is 0 Å². The van der Waals surface area contributed by atoms with Gasteiger partial charge in [-0.25, -0.2) is 15.0 Å². The first-order chi connectivity index (χ1) is 7.68. The van der Waals surface area contributed by atoms with Crippen LogP contribution in [-0.4, -0.2) is 19.9 Å². The maximum Gasteiger partial charge on any atom is 0.179 e. The Kier molecular flexibility index (Phi) is 2.87. The molecule has 0 saturated heterocycles. The molecule has 16 heavy (non-hydrogen) atoms. The van der Waals surface area contributed by atoms with Crippen molar-refractivity contribution in [3.63, 3.8) is 0 Å². The summed E-state index contributed by atoms with van der Waals surface area (Å²) in [6.07, 6.45) is 6.62. The molecule has 0 aromatic carbocycles. The van der Waals surface area contributed by atoms with Gasteiger partial charge in [0.05, 0.1) is 6.20 Å². The molecule has 0 amide bonds. The van der Waals surface area contributed by atoms with Crippen molar-refractivity contribution in [1.82, 2.24) is 19.9 Å². The molecule has 2 rings (SSSR count). The van der Waals surface area contributed by atoms with E-state index >= 15 is 0 Å². The second kappa shape index (κ2) is 4.32. The van der Waals surface area contributed by atoms with Crippen molar-refractivity contribution in [2.45, 2.75) is 19.9 Å². The number of aryl methyl sites for hydroxylation is 1. The summed E-state index contributed by atoms with van der Waals surface area (Å²) >= 11 is 0. The van der Waals surface area contributed by atoms with E-state index in [4.69, 9.17) is 5.73 Å². The highest BCUT2D eigenvalue weighted by Gasteiger charge is 2.08. The minimum Gasteiger partial charge on any atom is -0.324 e. The molecule has 2 aromatic heterocycles. The van der Waals surface area contributed by atoms with E-state index in [2.05, 4.69) is 19.9 Å². The van der Waals surface area contributed by atoms with Gasteiger partial charge in [0.2, 0.25) is 0 Å². The van der Waals surface area contributed by atoms with Gasteiger partial charge < -0.3 is 5.73 Å². The average molecular weight is 215 g/mol. The van der Waals surface area contributed by atoms with Gasteiger partial charge in [-0.05, 0) is 13.8 Å². The number of hydrogen-bond donors (Lipinski definition) is 1. The molecule has 5 nitrogen and oxygen atoms in total. The molecule has 0 saturated carbocycles. The van der Waals surface area contributed by atoms with E-state index in [-0.39, 0.29) is 6.04 Å². The first-order valence-corrected chi connectivity index (χ1v) is 5.04. The van der Waals surface area contributed by atoms with Crippen molar-refractivity contribution in [1.29, 1.82) is 0 Å². The summed E-state index contributed by atoms with van der Waals surface area (Å²) in [5, 5.41) is 0. The Hall–Kier alpha value is -1.88. The van der Waals surface area contributed by atoms with Gasteiger partial charge in [-0.15, -0.1) is 0 Å². The molecule has 0 aliphatic heterocycles. The minimum absolute atomic E-state index is 0.0593. The number of hydrogen-bond acceptors (Lipinski definition) is 5. The normalized spacial score (nSPS) is 12.4. The van der Waals surface area contributed by atoms with Gasteiger partial charge in [0.25, 0.3) is 0 Å². The van der Waals surface area contributed by atoms with Crippen LogP contribution in [0.5, 0.6) is 0 Å². The average Bonchev–Trinajstić information content (AvgIpc) is 2.29. The summed E-state index contributed by atoms with van der Waals surface area (Å²) in [5.41, 5.74) is 8.30. The Morgan fingerprint density at radius 2 is 2.00 bits per heavy atom. The van der Waals surface area contributed by atoms with E-state index in [1.54, 1.807) is 24.8 Å². The summed E-state index contributed by atoms with van der Waals surface area (Å²) in [4.78, 5) is 16.7. The molecule has 0 unspecified atom stereocenters. The van der Waals surface area contributed by atoms with Crippen molar-refractivity contribution < 1.29 is 0 Å². The maximum absolute atomic E-state index is 5.80. The maximum atomic E-state index is 5.80. The second-order valence-corrected chi connectivity index (χ2v) is 3.61. The van der Waals surface area contributed by atoms with E-state index in [1.165, 1.54) is 0 Å². The molecule has 0 spiro atoms. The van der Waals surface area contributed by atoms with Crippen LogP contribution in [0.2, 0.25) is 0 Å². The van der Waals surface area contributed by atoms with Crippen molar-refractivity contribution in [3.8, 4) is 11.5 Å². The summed E-state index contributed by atoms with van der Waals surface area (Å²) in [5.74, 6) is 0.579. The van der Waals surface area contributed by atoms with Crippen LogP contribution in [0.3, 0.4) is 0 Å². The van der Waals surface area contributed by atoms with Crippen LogP contribution in [0.4, 0.5) is 0 Å². The van der Waals surface area contributed by atoms with Crippen molar-refractivity contribution in [2.24, 2.45) is 5.73 Å². The number of nitrogens with two attached hydrogens (primary N) is 1. The summed E-state index contributed by atoms with van der Waals surface area (Å²) in [6, 6.07) is -0.0593. The van der Waals surface area contributed by atoms with Crippen LogP contribution in [0.15, 0.2) is 24.8 Å². The zero-order valence-electron chi connectivity index (χ0n) is 9.25. The molecule has 0 radical (unpaired) electrons. The van der Waals surface area contributed by atoms with E-state index < -0.39 is 0 Å². The lowest BCUT2D eigenvalue weighted by Crippen LogP contribution is -2.09. The SMILES string of the molecule is Cc1nc(-c2cnccn2)ncc1[C@H](C)N. The lowest BCUT2D eigenvalue weighted by Gasteiger charge is -2.08. The first kappa shape index (κ1) is 10.6. The van der Waals surface area contributed by atoms with Gasteiger partial charge in [0.15, 0.2) is 5.82 Å². The van der Waals surface area contributed by atoms with Crippen molar-refractivity contribution >= 4 is 0 Å². The zero-order chi connectivity index (χ0) is 11.5. The molecular formula is C11H13N5. The Balaban J connectivity index is 2.43. The molecule has 2 heterocycles. The molecule has 82 valence electrons. The number of rotatable bonds is 2. The highest BCUT2D eigenvalue weighted by atomic mass is 14.9. The zero-order valence-corrected chi connectivity index (χ0v) is 9.25. The summed E-state index contributed by atoms with van der Waals surface area (Å²) in [6.45, 7) is 3.83. The van der Waals surface area contributed by atoms with Crippen LogP contribution >= 0.6 is 0 Å². The molecule has 2 N–H and O–H groups in total. The van der Waals surface area contributed by atoms with Gasteiger partial charge in [-0.2, -0.15) is 0 Å². The standard InChI is InChI=1S/C11H13N5/c1-7(12)9-5-15-11(16-8(9)2)10-6-13-3-4-14-10/h3-7H,12H2,1-2H3/t7-/m0/s1. The molecule has 5 heteroatoms. The highest BCUT2D eigenvalue weighted by molar-refractivity contribution is 5.47. The predicted molar refractivity (Wildman–Crippen MR) is 60.4 cm³/mol. The fourth-order valence-electron chi connectivity index (χ4n) is 1.46. The van der Waals surface area contributed by atoms with E-state index in [0.717, 1.165) is 11.3 Å². The van der Waals surface area contributed by atoms with Crippen molar-refractivity contribution in [3.05, 3.63) is 36.0 Å². The number of nitrogens with zero attached hydrogens (tertiary/aromatic N) is 4. The Bertz CT molecular complexity index is 481. The molecule has 1 atom stereocenters. The van der Waals surface area contributed by atoms with Crippen LogP contribution in [0.1, 0.15) is 24.2 Å². The predicted octanol–water partition coefficient (Wildman–Crippen LogP) is 1.26. The van der Waals surface area contributed by atoms with E-state index in [0.29, 0.717) is 11.5 Å². The van der Waals surface area contributed by atoms with Gasteiger partial charge in [0.1, 0.15) is 5.69 Å². The molecular weight excluding hydrogens is 202 g/mol. The van der Waals surface area contributed by atoms with Crippen LogP contribution < -0.4 is 5.73 Å². The molecule has 0 aliphatic rings. The second-order valence-electron chi connectivity index (χ2n) is 3.61. The lowest BCUT2D eigenvalue weighted by atomic mass is 10.1. The molecule has 2 aromatic rings. The smallest absolute Gasteiger partial charge is 0.179 e. The van der Waals surface area contributed by atoms with E-state index in [1.807, 2.05) is 13.8 Å². The molecule has 0 bridgehead atoms. The highest BCUT2D eigenvalue weighted by Crippen LogP contribution is 2.16. The van der Waals surface area contributed by atoms with Gasteiger partial charge >= 0.3 is 0 Å². The Labute approximate surface area is 93.8 Å². The van der Waals surface area contributed by atoms with Crippen molar-refractivity contribution in [2.75, 3.05) is 0 Å². The Morgan fingerprint density at radius 3 is 2.56 bits per heavy atom. The van der Waals surface area contributed by atoms with Crippen LogP contribution in [0, 0.1) is 6.92 Å². The van der Waals surface area contributed by atoms with Gasteiger partial charge in [-0.1, -0.05) is 0 Å².